The molecule has 0 aliphatic rings. The van der Waals surface area contributed by atoms with Gasteiger partial charge in [-0.25, -0.2) is 8.78 Å². The number of benzene rings is 1. The summed E-state index contributed by atoms with van der Waals surface area (Å²) in [5.74, 6) is -1.49. The van der Waals surface area contributed by atoms with E-state index in [-0.39, 0.29) is 11.4 Å². The Labute approximate surface area is 84.9 Å². The quantitative estimate of drug-likeness (QED) is 0.459. The van der Waals surface area contributed by atoms with Crippen LogP contribution in [0.15, 0.2) is 28.5 Å². The Hall–Kier alpha value is -1.98. The summed E-state index contributed by atoms with van der Waals surface area (Å²) in [6.07, 6.45) is 1.03. The molecule has 2 N–H and O–H groups in total. The first-order chi connectivity index (χ1) is 7.15. The van der Waals surface area contributed by atoms with Gasteiger partial charge in [-0.3, -0.25) is 5.43 Å². The number of hydrogen-bond acceptors (Lipinski definition) is 4. The van der Waals surface area contributed by atoms with Crippen LogP contribution >= 0.6 is 0 Å². The van der Waals surface area contributed by atoms with Crippen molar-refractivity contribution >= 4 is 17.6 Å². The van der Waals surface area contributed by atoms with Crippen LogP contribution in [0.25, 0.3) is 0 Å². The van der Waals surface area contributed by atoms with Crippen molar-refractivity contribution in [3.8, 4) is 0 Å². The van der Waals surface area contributed by atoms with Crippen molar-refractivity contribution in [2.24, 2.45) is 10.3 Å². The van der Waals surface area contributed by atoms with Crippen LogP contribution in [0.3, 0.4) is 0 Å². The summed E-state index contributed by atoms with van der Waals surface area (Å²) in [5, 5.41) is 14.4. The van der Waals surface area contributed by atoms with Crippen molar-refractivity contribution in [1.82, 2.24) is 0 Å². The molecule has 0 saturated carbocycles. The summed E-state index contributed by atoms with van der Waals surface area (Å²) in [6, 6.07) is 3.47. The lowest BCUT2D eigenvalue weighted by molar-refractivity contribution is 0.322. The van der Waals surface area contributed by atoms with E-state index in [0.29, 0.717) is 0 Å². The predicted molar refractivity (Wildman–Crippen MR) is 53.4 cm³/mol. The van der Waals surface area contributed by atoms with Crippen molar-refractivity contribution in [3.05, 3.63) is 29.8 Å². The molecule has 0 radical (unpaired) electrons. The molecule has 1 aromatic carbocycles. The van der Waals surface area contributed by atoms with E-state index in [4.69, 9.17) is 5.21 Å². The summed E-state index contributed by atoms with van der Waals surface area (Å²) in [7, 11) is 0. The Morgan fingerprint density at radius 2 is 2.00 bits per heavy atom. The molecule has 0 aromatic heterocycles. The Balaban J connectivity index is 2.86. The van der Waals surface area contributed by atoms with Crippen LogP contribution in [0, 0.1) is 11.6 Å². The lowest BCUT2D eigenvalue weighted by atomic mass is 10.3. The van der Waals surface area contributed by atoms with Gasteiger partial charge in [-0.05, 0) is 19.1 Å². The molecule has 15 heavy (non-hydrogen) atoms. The summed E-state index contributed by atoms with van der Waals surface area (Å²) < 4.78 is 26.1. The van der Waals surface area contributed by atoms with Crippen LogP contribution in [0.1, 0.15) is 6.92 Å². The molecule has 1 aromatic rings. The fourth-order valence-electron chi connectivity index (χ4n) is 0.861. The van der Waals surface area contributed by atoms with Crippen molar-refractivity contribution in [1.29, 1.82) is 0 Å². The second-order valence-electron chi connectivity index (χ2n) is 2.71. The maximum atomic E-state index is 13.0. The Bertz CT molecular complexity index is 384. The normalized spacial score (nSPS) is 12.1. The smallest absolute Gasteiger partial charge is 0.151 e. The maximum absolute atomic E-state index is 13.0. The van der Waals surface area contributed by atoms with Gasteiger partial charge in [-0.15, -0.1) is 0 Å². The molecular weight excluding hydrogens is 204 g/mol. The molecule has 0 aliphatic carbocycles. The van der Waals surface area contributed by atoms with Crippen LogP contribution in [-0.4, -0.2) is 17.1 Å². The van der Waals surface area contributed by atoms with Crippen LogP contribution in [0.5, 0.6) is 0 Å². The molecule has 0 bridgehead atoms. The van der Waals surface area contributed by atoms with Crippen molar-refractivity contribution in [3.63, 3.8) is 0 Å². The summed E-state index contributed by atoms with van der Waals surface area (Å²) >= 11 is 0. The van der Waals surface area contributed by atoms with Gasteiger partial charge in [0, 0.05) is 0 Å². The van der Waals surface area contributed by atoms with E-state index in [2.05, 4.69) is 15.7 Å². The number of anilines is 1. The summed E-state index contributed by atoms with van der Waals surface area (Å²) in [5.41, 5.74) is 2.14. The van der Waals surface area contributed by atoms with E-state index in [1.54, 1.807) is 0 Å². The summed E-state index contributed by atoms with van der Waals surface area (Å²) in [4.78, 5) is 0. The highest BCUT2D eigenvalue weighted by Crippen LogP contribution is 2.17. The number of para-hydroxylation sites is 1. The molecule has 4 nitrogen and oxygen atoms in total. The van der Waals surface area contributed by atoms with Crippen molar-refractivity contribution < 1.29 is 14.0 Å². The van der Waals surface area contributed by atoms with Gasteiger partial charge in [0.2, 0.25) is 0 Å². The minimum atomic E-state index is -0.743. The molecule has 0 atom stereocenters. The molecule has 0 saturated heterocycles. The molecular formula is C9H9F2N3O. The number of nitrogens with one attached hydrogen (secondary N) is 1. The minimum absolute atomic E-state index is 0.278. The average Bonchev–Trinajstić information content (AvgIpc) is 2.17. The third kappa shape index (κ3) is 3.01. The fourth-order valence-corrected chi connectivity index (χ4v) is 0.861. The van der Waals surface area contributed by atoms with Crippen LogP contribution < -0.4 is 5.43 Å². The topological polar surface area (TPSA) is 57.0 Å². The van der Waals surface area contributed by atoms with Crippen molar-refractivity contribution in [2.45, 2.75) is 6.92 Å². The highest BCUT2D eigenvalue weighted by molar-refractivity contribution is 6.29. The SMILES string of the molecule is CC(C=NO)=NNc1c(F)cccc1F. The zero-order valence-electron chi connectivity index (χ0n) is 7.91. The standard InChI is InChI=1S/C9H9F2N3O/c1-6(5-12-15)13-14-9-7(10)3-2-4-8(9)11/h2-5,14-15H,1H3. The Morgan fingerprint density at radius 1 is 1.40 bits per heavy atom. The van der Waals surface area contributed by atoms with Gasteiger partial charge in [0.15, 0.2) is 11.6 Å². The van der Waals surface area contributed by atoms with E-state index in [1.165, 1.54) is 13.0 Å². The number of oxime groups is 1. The zero-order valence-corrected chi connectivity index (χ0v) is 7.91. The highest BCUT2D eigenvalue weighted by Gasteiger charge is 2.06. The van der Waals surface area contributed by atoms with E-state index in [9.17, 15) is 8.78 Å². The minimum Gasteiger partial charge on any atom is -0.411 e. The fraction of sp³-hybridized carbons (Fsp3) is 0.111. The lowest BCUT2D eigenvalue weighted by Gasteiger charge is -2.03. The maximum Gasteiger partial charge on any atom is 0.151 e. The van der Waals surface area contributed by atoms with Gasteiger partial charge >= 0.3 is 0 Å². The number of hydrazone groups is 1. The Morgan fingerprint density at radius 3 is 2.53 bits per heavy atom. The zero-order chi connectivity index (χ0) is 11.3. The second kappa shape index (κ2) is 5.04. The van der Waals surface area contributed by atoms with E-state index in [1.807, 2.05) is 0 Å². The van der Waals surface area contributed by atoms with Gasteiger partial charge in [-0.2, -0.15) is 5.10 Å². The molecule has 0 spiro atoms. The summed E-state index contributed by atoms with van der Waals surface area (Å²) in [6.45, 7) is 1.51. The monoisotopic (exact) mass is 213 g/mol. The molecule has 0 aliphatic heterocycles. The third-order valence-corrected chi connectivity index (χ3v) is 1.55. The third-order valence-electron chi connectivity index (χ3n) is 1.55. The van der Waals surface area contributed by atoms with E-state index in [0.717, 1.165) is 18.3 Å². The number of rotatable bonds is 3. The number of halogens is 2. The van der Waals surface area contributed by atoms with E-state index >= 15 is 0 Å². The average molecular weight is 213 g/mol. The van der Waals surface area contributed by atoms with Gasteiger partial charge in [0.25, 0.3) is 0 Å². The second-order valence-corrected chi connectivity index (χ2v) is 2.71. The molecule has 80 valence electrons. The number of nitrogens with zero attached hydrogens (tertiary/aromatic N) is 2. The predicted octanol–water partition coefficient (Wildman–Crippen LogP) is 2.21. The molecule has 1 rings (SSSR count). The largest absolute Gasteiger partial charge is 0.411 e. The molecule has 0 heterocycles. The molecule has 6 heteroatoms. The lowest BCUT2D eigenvalue weighted by Crippen LogP contribution is -2.01. The molecule has 0 unspecified atom stereocenters. The van der Waals surface area contributed by atoms with Crippen LogP contribution in [-0.2, 0) is 0 Å². The van der Waals surface area contributed by atoms with Crippen molar-refractivity contribution in [2.75, 3.05) is 5.43 Å². The highest BCUT2D eigenvalue weighted by atomic mass is 19.1. The van der Waals surface area contributed by atoms with Gasteiger partial charge in [0.1, 0.15) is 5.69 Å². The van der Waals surface area contributed by atoms with Gasteiger partial charge < -0.3 is 5.21 Å². The van der Waals surface area contributed by atoms with E-state index < -0.39 is 11.6 Å². The Kier molecular flexibility index (Phi) is 3.73. The first-order valence-corrected chi connectivity index (χ1v) is 4.07. The van der Waals surface area contributed by atoms with Gasteiger partial charge in [-0.1, -0.05) is 11.2 Å². The number of hydrogen-bond donors (Lipinski definition) is 2. The first-order valence-electron chi connectivity index (χ1n) is 4.07. The molecule has 0 amide bonds. The molecule has 0 fully saturated rings. The first kappa shape index (κ1) is 11.1. The van der Waals surface area contributed by atoms with Crippen LogP contribution in [0.4, 0.5) is 14.5 Å². The van der Waals surface area contributed by atoms with Crippen LogP contribution in [0.2, 0.25) is 0 Å². The van der Waals surface area contributed by atoms with Gasteiger partial charge in [0.05, 0.1) is 11.9 Å².